The van der Waals surface area contributed by atoms with Gasteiger partial charge in [-0.25, -0.2) is 13.1 Å². The Hall–Kier alpha value is -2.40. The summed E-state index contributed by atoms with van der Waals surface area (Å²) < 4.78 is 34.1. The second-order valence-corrected chi connectivity index (χ2v) is 9.43. The summed E-state index contributed by atoms with van der Waals surface area (Å²) in [5.41, 5.74) is 2.14. The Morgan fingerprint density at radius 2 is 1.97 bits per heavy atom. The zero-order chi connectivity index (χ0) is 21.0. The number of likely N-dealkylation sites (tertiary alicyclic amines) is 1. The molecule has 0 bridgehead atoms. The van der Waals surface area contributed by atoms with Crippen LogP contribution in [0.5, 0.6) is 5.75 Å². The molecule has 1 N–H and O–H groups in total. The normalized spacial score (nSPS) is 17.4. The van der Waals surface area contributed by atoms with E-state index in [2.05, 4.69) is 9.62 Å². The van der Waals surface area contributed by atoms with Crippen LogP contribution in [0.4, 0.5) is 0 Å². The van der Waals surface area contributed by atoms with Crippen LogP contribution in [0.15, 0.2) is 47.4 Å². The number of sulfonamides is 1. The van der Waals surface area contributed by atoms with Gasteiger partial charge in [0.2, 0.25) is 10.0 Å². The molecule has 154 valence electrons. The molecule has 1 aliphatic heterocycles. The maximum absolute atomic E-state index is 12.8. The van der Waals surface area contributed by atoms with Gasteiger partial charge in [0, 0.05) is 25.7 Å². The molecule has 0 spiro atoms. The zero-order valence-corrected chi connectivity index (χ0v) is 17.9. The summed E-state index contributed by atoms with van der Waals surface area (Å²) in [4.78, 5) is 2.42. The van der Waals surface area contributed by atoms with E-state index in [1.54, 1.807) is 19.1 Å². The van der Waals surface area contributed by atoms with Crippen LogP contribution >= 0.6 is 0 Å². The third kappa shape index (κ3) is 5.57. The summed E-state index contributed by atoms with van der Waals surface area (Å²) >= 11 is 0. The Labute approximate surface area is 173 Å². The lowest BCUT2D eigenvalue weighted by Crippen LogP contribution is -2.37. The van der Waals surface area contributed by atoms with E-state index in [-0.39, 0.29) is 17.0 Å². The maximum atomic E-state index is 12.8. The van der Waals surface area contributed by atoms with Gasteiger partial charge < -0.3 is 4.74 Å². The Kier molecular flexibility index (Phi) is 6.58. The molecule has 1 saturated heterocycles. The second-order valence-electron chi connectivity index (χ2n) is 7.74. The molecule has 0 unspecified atom stereocenters. The van der Waals surface area contributed by atoms with Crippen LogP contribution in [-0.2, 0) is 16.6 Å². The molecular formula is C22H27N3O3S. The van der Waals surface area contributed by atoms with Crippen LogP contribution in [-0.4, -0.2) is 38.6 Å². The van der Waals surface area contributed by atoms with Crippen molar-refractivity contribution in [1.82, 2.24) is 9.62 Å². The smallest absolute Gasteiger partial charge is 0.241 e. The van der Waals surface area contributed by atoms with Crippen LogP contribution < -0.4 is 9.46 Å². The first-order chi connectivity index (χ1) is 13.8. The molecular weight excluding hydrogens is 386 g/mol. The molecule has 6 nitrogen and oxygen atoms in total. The van der Waals surface area contributed by atoms with E-state index < -0.39 is 10.0 Å². The van der Waals surface area contributed by atoms with E-state index >= 15 is 0 Å². The lowest BCUT2D eigenvalue weighted by Gasteiger charge is -2.18. The molecule has 0 aromatic heterocycles. The maximum Gasteiger partial charge on any atom is 0.241 e. The van der Waals surface area contributed by atoms with E-state index in [1.165, 1.54) is 11.6 Å². The van der Waals surface area contributed by atoms with Crippen molar-refractivity contribution >= 4 is 10.0 Å². The average molecular weight is 414 g/mol. The van der Waals surface area contributed by atoms with Gasteiger partial charge in [0.1, 0.15) is 5.75 Å². The van der Waals surface area contributed by atoms with Crippen molar-refractivity contribution in [3.63, 3.8) is 0 Å². The molecule has 0 amide bonds. The fourth-order valence-corrected chi connectivity index (χ4v) is 5.05. The molecule has 1 atom stereocenters. The Bertz CT molecular complexity index is 995. The van der Waals surface area contributed by atoms with E-state index in [0.29, 0.717) is 17.7 Å². The highest BCUT2D eigenvalue weighted by molar-refractivity contribution is 7.89. The van der Waals surface area contributed by atoms with Crippen molar-refractivity contribution in [3.8, 4) is 11.8 Å². The number of ether oxygens (including phenoxy) is 1. The molecule has 3 rings (SSSR count). The van der Waals surface area contributed by atoms with Crippen molar-refractivity contribution in [3.05, 3.63) is 59.2 Å². The Morgan fingerprint density at radius 1 is 1.24 bits per heavy atom. The predicted octanol–water partition coefficient (Wildman–Crippen LogP) is 3.21. The molecule has 0 radical (unpaired) electrons. The van der Waals surface area contributed by atoms with Crippen LogP contribution in [0.1, 0.15) is 37.0 Å². The number of hydrogen-bond acceptors (Lipinski definition) is 5. The first kappa shape index (κ1) is 21.3. The summed E-state index contributed by atoms with van der Waals surface area (Å²) in [5.74, 6) is 0.853. The van der Waals surface area contributed by atoms with Crippen LogP contribution in [0.2, 0.25) is 0 Å². The molecule has 29 heavy (non-hydrogen) atoms. The number of nitrogens with zero attached hydrogens (tertiary/aromatic N) is 2. The molecule has 2 aromatic rings. The quantitative estimate of drug-likeness (QED) is 0.754. The molecule has 0 saturated carbocycles. The van der Waals surface area contributed by atoms with Crippen LogP contribution in [0.3, 0.4) is 0 Å². The van der Waals surface area contributed by atoms with Crippen LogP contribution in [0, 0.1) is 18.3 Å². The number of benzene rings is 2. The van der Waals surface area contributed by atoms with Crippen molar-refractivity contribution in [2.24, 2.45) is 0 Å². The van der Waals surface area contributed by atoms with Crippen molar-refractivity contribution < 1.29 is 13.2 Å². The summed E-state index contributed by atoms with van der Waals surface area (Å²) in [6.07, 6.45) is 0.899. The molecule has 2 aromatic carbocycles. The molecule has 1 heterocycles. The van der Waals surface area contributed by atoms with Gasteiger partial charge in [-0.15, -0.1) is 0 Å². The standard InChI is InChI=1S/C22H27N3O3S/c1-16(2)28-21-8-6-18(7-9-21)14-25-11-10-20(15-25)24-29(26,27)22-12-19(13-23)5-4-17(22)3/h4-9,12,16,20,24H,10-11,14-15H2,1-3H3/t20-/m1/s1. The van der Waals surface area contributed by atoms with E-state index in [4.69, 9.17) is 10.00 Å². The third-order valence-electron chi connectivity index (χ3n) is 4.90. The van der Waals surface area contributed by atoms with Gasteiger partial charge in [-0.1, -0.05) is 18.2 Å². The minimum Gasteiger partial charge on any atom is -0.491 e. The van der Waals surface area contributed by atoms with Crippen molar-refractivity contribution in [2.45, 2.75) is 50.8 Å². The average Bonchev–Trinajstić information content (AvgIpc) is 3.09. The Balaban J connectivity index is 1.60. The lowest BCUT2D eigenvalue weighted by molar-refractivity contribution is 0.242. The molecule has 0 aliphatic carbocycles. The highest BCUT2D eigenvalue weighted by atomic mass is 32.2. The first-order valence-electron chi connectivity index (χ1n) is 9.78. The predicted molar refractivity (Wildman–Crippen MR) is 112 cm³/mol. The van der Waals surface area contributed by atoms with Crippen molar-refractivity contribution in [1.29, 1.82) is 5.26 Å². The van der Waals surface area contributed by atoms with Gasteiger partial charge in [-0.05, 0) is 62.6 Å². The summed E-state index contributed by atoms with van der Waals surface area (Å²) in [6, 6.07) is 14.6. The first-order valence-corrected chi connectivity index (χ1v) is 11.3. The van der Waals surface area contributed by atoms with Crippen LogP contribution in [0.25, 0.3) is 0 Å². The number of nitrogens with one attached hydrogen (secondary N) is 1. The van der Waals surface area contributed by atoms with Gasteiger partial charge in [0.15, 0.2) is 0 Å². The third-order valence-corrected chi connectivity index (χ3v) is 6.56. The fraction of sp³-hybridized carbons (Fsp3) is 0.409. The second kappa shape index (κ2) is 8.95. The molecule has 1 aliphatic rings. The number of hydrogen-bond donors (Lipinski definition) is 1. The van der Waals surface area contributed by atoms with Gasteiger partial charge in [-0.3, -0.25) is 4.90 Å². The van der Waals surface area contributed by atoms with E-state index in [9.17, 15) is 8.42 Å². The summed E-state index contributed by atoms with van der Waals surface area (Å²) in [6.45, 7) is 7.98. The minimum absolute atomic E-state index is 0.144. The highest BCUT2D eigenvalue weighted by Crippen LogP contribution is 2.21. The van der Waals surface area contributed by atoms with E-state index in [1.807, 2.05) is 44.2 Å². The zero-order valence-electron chi connectivity index (χ0n) is 17.1. The van der Waals surface area contributed by atoms with Gasteiger partial charge in [-0.2, -0.15) is 5.26 Å². The monoisotopic (exact) mass is 413 g/mol. The Morgan fingerprint density at radius 3 is 2.62 bits per heavy atom. The van der Waals surface area contributed by atoms with E-state index in [0.717, 1.165) is 25.3 Å². The molecule has 1 fully saturated rings. The highest BCUT2D eigenvalue weighted by Gasteiger charge is 2.28. The largest absolute Gasteiger partial charge is 0.491 e. The number of rotatable bonds is 7. The van der Waals surface area contributed by atoms with Gasteiger partial charge in [0.05, 0.1) is 22.6 Å². The fourth-order valence-electron chi connectivity index (χ4n) is 3.52. The summed E-state index contributed by atoms with van der Waals surface area (Å²) in [5, 5.41) is 9.06. The summed E-state index contributed by atoms with van der Waals surface area (Å²) in [7, 11) is -3.66. The minimum atomic E-state index is -3.66. The number of aryl methyl sites for hydroxylation is 1. The van der Waals surface area contributed by atoms with Gasteiger partial charge in [0.25, 0.3) is 0 Å². The van der Waals surface area contributed by atoms with Gasteiger partial charge >= 0.3 is 0 Å². The number of nitriles is 1. The topological polar surface area (TPSA) is 82.4 Å². The SMILES string of the molecule is Cc1ccc(C#N)cc1S(=O)(=O)N[C@@H]1CCN(Cc2ccc(OC(C)C)cc2)C1. The lowest BCUT2D eigenvalue weighted by atomic mass is 10.2. The molecule has 7 heteroatoms. The van der Waals surface area contributed by atoms with Crippen molar-refractivity contribution in [2.75, 3.05) is 13.1 Å².